The van der Waals surface area contributed by atoms with Gasteiger partial charge in [-0.25, -0.2) is 4.98 Å². The number of hydrogen-bond donors (Lipinski definition) is 1. The molecule has 3 heterocycles. The fraction of sp³-hybridized carbons (Fsp3) is 0.158. The van der Waals surface area contributed by atoms with Crippen molar-refractivity contribution in [2.75, 3.05) is 5.32 Å². The SMILES string of the molecule is Cn1cc(CNc2ccc(-c3nc(-c4cccc(C(F)(F)F)c4)no3)cn2)cn1. The summed E-state index contributed by atoms with van der Waals surface area (Å²) in [6.45, 7) is 0.570. The molecule has 4 rings (SSSR count). The van der Waals surface area contributed by atoms with Gasteiger partial charge in [0, 0.05) is 37.1 Å². The van der Waals surface area contributed by atoms with Crippen LogP contribution in [0.25, 0.3) is 22.8 Å². The number of nitrogens with zero attached hydrogens (tertiary/aromatic N) is 5. The second-order valence-corrected chi connectivity index (χ2v) is 6.31. The van der Waals surface area contributed by atoms with Crippen molar-refractivity contribution >= 4 is 5.82 Å². The molecule has 0 saturated carbocycles. The maximum Gasteiger partial charge on any atom is 0.416 e. The molecule has 1 N–H and O–H groups in total. The average molecular weight is 400 g/mol. The van der Waals surface area contributed by atoms with Crippen LogP contribution in [0.4, 0.5) is 19.0 Å². The molecule has 7 nitrogen and oxygen atoms in total. The van der Waals surface area contributed by atoms with E-state index < -0.39 is 11.7 Å². The first-order chi connectivity index (χ1) is 13.9. The number of nitrogens with one attached hydrogen (secondary N) is 1. The van der Waals surface area contributed by atoms with E-state index in [0.717, 1.165) is 17.7 Å². The zero-order valence-electron chi connectivity index (χ0n) is 15.2. The van der Waals surface area contributed by atoms with Crippen LogP contribution in [0.1, 0.15) is 11.1 Å². The number of aromatic nitrogens is 5. The fourth-order valence-electron chi connectivity index (χ4n) is 2.67. The van der Waals surface area contributed by atoms with E-state index in [2.05, 4.69) is 25.5 Å². The van der Waals surface area contributed by atoms with Crippen LogP contribution in [0.5, 0.6) is 0 Å². The normalized spacial score (nSPS) is 11.6. The van der Waals surface area contributed by atoms with E-state index in [1.165, 1.54) is 12.1 Å². The summed E-state index contributed by atoms with van der Waals surface area (Å²) >= 11 is 0. The minimum absolute atomic E-state index is 0.0740. The Morgan fingerprint density at radius 3 is 2.66 bits per heavy atom. The zero-order valence-corrected chi connectivity index (χ0v) is 15.2. The van der Waals surface area contributed by atoms with Gasteiger partial charge in [0.2, 0.25) is 5.82 Å². The van der Waals surface area contributed by atoms with Crippen LogP contribution in [0.2, 0.25) is 0 Å². The first kappa shape index (κ1) is 18.7. The highest BCUT2D eigenvalue weighted by molar-refractivity contribution is 5.60. The maximum absolute atomic E-state index is 12.9. The number of benzene rings is 1. The van der Waals surface area contributed by atoms with Gasteiger partial charge < -0.3 is 9.84 Å². The summed E-state index contributed by atoms with van der Waals surface area (Å²) in [5.74, 6) is 0.892. The Bertz CT molecular complexity index is 1120. The van der Waals surface area contributed by atoms with Crippen molar-refractivity contribution in [2.24, 2.45) is 7.05 Å². The second-order valence-electron chi connectivity index (χ2n) is 6.31. The number of alkyl halides is 3. The molecule has 10 heteroatoms. The smallest absolute Gasteiger partial charge is 0.366 e. The van der Waals surface area contributed by atoms with Crippen LogP contribution in [0.15, 0.2) is 59.5 Å². The highest BCUT2D eigenvalue weighted by Crippen LogP contribution is 2.32. The van der Waals surface area contributed by atoms with E-state index in [0.29, 0.717) is 17.9 Å². The molecule has 0 aliphatic carbocycles. The van der Waals surface area contributed by atoms with Crippen molar-refractivity contribution in [1.82, 2.24) is 24.9 Å². The molecule has 0 radical (unpaired) electrons. The average Bonchev–Trinajstić information content (AvgIpc) is 3.36. The van der Waals surface area contributed by atoms with Gasteiger partial charge >= 0.3 is 6.18 Å². The third kappa shape index (κ3) is 4.26. The molecule has 0 unspecified atom stereocenters. The molecule has 0 atom stereocenters. The summed E-state index contributed by atoms with van der Waals surface area (Å²) in [6.07, 6.45) is 0.768. The van der Waals surface area contributed by atoms with Gasteiger partial charge in [0.1, 0.15) is 5.82 Å². The van der Waals surface area contributed by atoms with E-state index in [4.69, 9.17) is 4.52 Å². The number of hydrogen-bond acceptors (Lipinski definition) is 6. The van der Waals surface area contributed by atoms with Gasteiger partial charge in [-0.15, -0.1) is 0 Å². The van der Waals surface area contributed by atoms with E-state index in [9.17, 15) is 13.2 Å². The summed E-state index contributed by atoms with van der Waals surface area (Å²) in [5.41, 5.74) is 1.02. The van der Waals surface area contributed by atoms with Crippen LogP contribution < -0.4 is 5.32 Å². The number of pyridine rings is 1. The summed E-state index contributed by atoms with van der Waals surface area (Å²) in [6, 6.07) is 8.26. The summed E-state index contributed by atoms with van der Waals surface area (Å²) < 4.78 is 45.5. The van der Waals surface area contributed by atoms with Crippen molar-refractivity contribution in [1.29, 1.82) is 0 Å². The lowest BCUT2D eigenvalue weighted by Crippen LogP contribution is -2.04. The van der Waals surface area contributed by atoms with Crippen molar-refractivity contribution in [3.05, 3.63) is 66.1 Å². The van der Waals surface area contributed by atoms with Crippen molar-refractivity contribution in [3.63, 3.8) is 0 Å². The molecule has 4 aromatic rings. The molecular formula is C19H15F3N6O. The minimum atomic E-state index is -4.44. The molecule has 1 aromatic carbocycles. The van der Waals surface area contributed by atoms with Crippen LogP contribution in [-0.4, -0.2) is 24.9 Å². The predicted molar refractivity (Wildman–Crippen MR) is 98.5 cm³/mol. The van der Waals surface area contributed by atoms with E-state index >= 15 is 0 Å². The Morgan fingerprint density at radius 1 is 1.10 bits per heavy atom. The van der Waals surface area contributed by atoms with E-state index in [1.807, 2.05) is 13.2 Å². The van der Waals surface area contributed by atoms with Gasteiger partial charge in [-0.1, -0.05) is 17.3 Å². The van der Waals surface area contributed by atoms with Gasteiger partial charge in [0.15, 0.2) is 0 Å². The van der Waals surface area contributed by atoms with Crippen LogP contribution >= 0.6 is 0 Å². The van der Waals surface area contributed by atoms with Gasteiger partial charge in [-0.2, -0.15) is 23.3 Å². The summed E-state index contributed by atoms with van der Waals surface area (Å²) in [5, 5.41) is 11.0. The molecule has 29 heavy (non-hydrogen) atoms. The Morgan fingerprint density at radius 2 is 1.97 bits per heavy atom. The number of aryl methyl sites for hydroxylation is 1. The third-order valence-corrected chi connectivity index (χ3v) is 4.12. The van der Waals surface area contributed by atoms with Crippen molar-refractivity contribution in [2.45, 2.75) is 12.7 Å². The number of rotatable bonds is 5. The predicted octanol–water partition coefficient (Wildman–Crippen LogP) is 4.16. The van der Waals surface area contributed by atoms with Crippen LogP contribution in [0, 0.1) is 0 Å². The standard InChI is InChI=1S/C19H15F3N6O/c1-28-11-12(9-25-28)8-23-16-6-5-14(10-24-16)18-26-17(27-29-18)13-3-2-4-15(7-13)19(20,21)22/h2-7,9-11H,8H2,1H3,(H,23,24). The highest BCUT2D eigenvalue weighted by Gasteiger charge is 2.30. The molecule has 3 aromatic heterocycles. The Labute approximate surface area is 163 Å². The minimum Gasteiger partial charge on any atom is -0.366 e. The molecule has 0 fully saturated rings. The fourth-order valence-corrected chi connectivity index (χ4v) is 2.67. The first-order valence-corrected chi connectivity index (χ1v) is 8.58. The lowest BCUT2D eigenvalue weighted by Gasteiger charge is -2.06. The van der Waals surface area contributed by atoms with Crippen molar-refractivity contribution < 1.29 is 17.7 Å². The lowest BCUT2D eigenvalue weighted by molar-refractivity contribution is -0.137. The summed E-state index contributed by atoms with van der Waals surface area (Å²) in [7, 11) is 1.84. The quantitative estimate of drug-likeness (QED) is 0.542. The highest BCUT2D eigenvalue weighted by atomic mass is 19.4. The topological polar surface area (TPSA) is 81.7 Å². The molecule has 0 aliphatic rings. The zero-order chi connectivity index (χ0) is 20.4. The molecular weight excluding hydrogens is 385 g/mol. The molecule has 148 valence electrons. The first-order valence-electron chi connectivity index (χ1n) is 8.58. The lowest BCUT2D eigenvalue weighted by atomic mass is 10.1. The Hall–Kier alpha value is -3.69. The third-order valence-electron chi connectivity index (χ3n) is 4.12. The molecule has 0 aliphatic heterocycles. The molecule has 0 spiro atoms. The molecule has 0 saturated heterocycles. The van der Waals surface area contributed by atoms with Crippen LogP contribution in [-0.2, 0) is 19.8 Å². The summed E-state index contributed by atoms with van der Waals surface area (Å²) in [4.78, 5) is 8.47. The number of halogens is 3. The van der Waals surface area contributed by atoms with Gasteiger partial charge in [0.05, 0.1) is 17.3 Å². The van der Waals surface area contributed by atoms with Gasteiger partial charge in [0.25, 0.3) is 5.89 Å². The Balaban J connectivity index is 1.48. The van der Waals surface area contributed by atoms with Crippen molar-refractivity contribution in [3.8, 4) is 22.8 Å². The van der Waals surface area contributed by atoms with Gasteiger partial charge in [-0.3, -0.25) is 4.68 Å². The van der Waals surface area contributed by atoms with E-state index in [-0.39, 0.29) is 17.3 Å². The molecule has 0 amide bonds. The van der Waals surface area contributed by atoms with E-state index in [1.54, 1.807) is 29.2 Å². The largest absolute Gasteiger partial charge is 0.416 e. The Kier molecular flexibility index (Phi) is 4.75. The van der Waals surface area contributed by atoms with Gasteiger partial charge in [-0.05, 0) is 24.3 Å². The number of anilines is 1. The monoisotopic (exact) mass is 400 g/mol. The molecule has 0 bridgehead atoms. The second kappa shape index (κ2) is 7.38. The van der Waals surface area contributed by atoms with Crippen LogP contribution in [0.3, 0.4) is 0 Å². The maximum atomic E-state index is 12.9.